The lowest BCUT2D eigenvalue weighted by Crippen LogP contribution is -2.25. The Labute approximate surface area is 176 Å². The zero-order valence-corrected chi connectivity index (χ0v) is 18.4. The number of hydrogen-bond donors (Lipinski definition) is 2. The van der Waals surface area contributed by atoms with Crippen molar-refractivity contribution in [3.8, 4) is 0 Å². The van der Waals surface area contributed by atoms with Gasteiger partial charge in [0.05, 0.1) is 0 Å². The van der Waals surface area contributed by atoms with Crippen LogP contribution in [-0.4, -0.2) is 6.54 Å². The maximum atomic E-state index is 6.61. The summed E-state index contributed by atoms with van der Waals surface area (Å²) in [5.74, 6) is 0.511. The summed E-state index contributed by atoms with van der Waals surface area (Å²) in [7, 11) is 0. The van der Waals surface area contributed by atoms with Gasteiger partial charge in [-0.25, -0.2) is 0 Å². The van der Waals surface area contributed by atoms with Gasteiger partial charge in [-0.3, -0.25) is 0 Å². The van der Waals surface area contributed by atoms with Gasteiger partial charge in [-0.2, -0.15) is 0 Å². The van der Waals surface area contributed by atoms with Gasteiger partial charge in [0, 0.05) is 24.4 Å². The van der Waals surface area contributed by atoms with Crippen LogP contribution in [0.4, 0.5) is 0 Å². The van der Waals surface area contributed by atoms with Crippen molar-refractivity contribution in [1.29, 1.82) is 0 Å². The van der Waals surface area contributed by atoms with Gasteiger partial charge >= 0.3 is 0 Å². The Bertz CT molecular complexity index is 917. The summed E-state index contributed by atoms with van der Waals surface area (Å²) in [5, 5.41) is 0. The summed E-state index contributed by atoms with van der Waals surface area (Å²) in [6.45, 7) is 11.4. The molecule has 0 bridgehead atoms. The molecule has 0 aliphatic heterocycles. The Hall–Kier alpha value is -2.42. The first-order valence-corrected chi connectivity index (χ1v) is 10.5. The lowest BCUT2D eigenvalue weighted by Gasteiger charge is -2.28. The molecule has 2 heteroatoms. The molecule has 29 heavy (non-hydrogen) atoms. The van der Waals surface area contributed by atoms with Crippen LogP contribution < -0.4 is 11.5 Å². The van der Waals surface area contributed by atoms with Crippen LogP contribution in [0.25, 0.3) is 0 Å². The molecule has 0 aromatic heterocycles. The highest BCUT2D eigenvalue weighted by Gasteiger charge is 2.24. The van der Waals surface area contributed by atoms with Crippen LogP contribution in [0, 0.1) is 20.8 Å². The molecule has 0 radical (unpaired) electrons. The van der Waals surface area contributed by atoms with Crippen molar-refractivity contribution in [2.75, 3.05) is 6.54 Å². The summed E-state index contributed by atoms with van der Waals surface area (Å²) in [6, 6.07) is 21.9. The predicted octanol–water partition coefficient (Wildman–Crippen LogP) is 5.87. The Morgan fingerprint density at radius 3 is 1.52 bits per heavy atom. The first-order valence-electron chi connectivity index (χ1n) is 10.5. The van der Waals surface area contributed by atoms with Crippen molar-refractivity contribution in [2.45, 2.75) is 52.5 Å². The van der Waals surface area contributed by atoms with Crippen LogP contribution in [0.2, 0.25) is 0 Å². The van der Waals surface area contributed by atoms with E-state index in [2.05, 4.69) is 95.3 Å². The molecule has 3 rings (SSSR count). The molecule has 4 N–H and O–H groups in total. The van der Waals surface area contributed by atoms with E-state index in [1.807, 2.05) is 0 Å². The van der Waals surface area contributed by atoms with E-state index in [-0.39, 0.29) is 17.9 Å². The van der Waals surface area contributed by atoms with Gasteiger partial charge < -0.3 is 11.5 Å². The standard InChI is InChI=1S/C27H34N2/c1-17-8-6-10-22(12-17)20(4)24-14-19(3)15-25(27(24)26(29)16-28)21(5)23-11-7-9-18(2)13-23/h6-15,20-21,26H,16,28-29H2,1-5H3/t20-,21-,26?/m1/s1. The fraction of sp³-hybridized carbons (Fsp3) is 0.333. The summed E-state index contributed by atoms with van der Waals surface area (Å²) < 4.78 is 0. The molecule has 0 heterocycles. The minimum atomic E-state index is -0.180. The second-order valence-electron chi connectivity index (χ2n) is 8.47. The van der Waals surface area contributed by atoms with Crippen molar-refractivity contribution in [2.24, 2.45) is 11.5 Å². The van der Waals surface area contributed by atoms with Crippen LogP contribution in [0.15, 0.2) is 60.7 Å². The van der Waals surface area contributed by atoms with E-state index in [9.17, 15) is 0 Å². The third kappa shape index (κ3) is 4.60. The van der Waals surface area contributed by atoms with Crippen LogP contribution in [0.5, 0.6) is 0 Å². The van der Waals surface area contributed by atoms with E-state index in [1.54, 1.807) is 0 Å². The van der Waals surface area contributed by atoms with Crippen LogP contribution in [0.3, 0.4) is 0 Å². The third-order valence-corrected chi connectivity index (χ3v) is 6.03. The predicted molar refractivity (Wildman–Crippen MR) is 125 cm³/mol. The molecule has 0 saturated carbocycles. The van der Waals surface area contributed by atoms with Crippen molar-refractivity contribution < 1.29 is 0 Å². The molecule has 3 atom stereocenters. The molecule has 2 nitrogen and oxygen atoms in total. The number of nitrogens with two attached hydrogens (primary N) is 2. The van der Waals surface area contributed by atoms with Gasteiger partial charge in [0.2, 0.25) is 0 Å². The molecule has 3 aromatic carbocycles. The van der Waals surface area contributed by atoms with Gasteiger partial charge in [0.25, 0.3) is 0 Å². The molecule has 1 unspecified atom stereocenters. The number of hydrogen-bond acceptors (Lipinski definition) is 2. The largest absolute Gasteiger partial charge is 0.329 e. The van der Waals surface area contributed by atoms with Crippen LogP contribution in [-0.2, 0) is 0 Å². The van der Waals surface area contributed by atoms with Crippen LogP contribution in [0.1, 0.15) is 76.2 Å². The molecule has 3 aromatic rings. The topological polar surface area (TPSA) is 52.0 Å². The molecular formula is C27H34N2. The van der Waals surface area contributed by atoms with Gasteiger partial charge in [0.1, 0.15) is 0 Å². The van der Waals surface area contributed by atoms with Crippen molar-refractivity contribution in [3.05, 3.63) is 105 Å². The van der Waals surface area contributed by atoms with E-state index in [0.29, 0.717) is 6.54 Å². The van der Waals surface area contributed by atoms with Crippen molar-refractivity contribution >= 4 is 0 Å². The van der Waals surface area contributed by atoms with E-state index in [4.69, 9.17) is 11.5 Å². The lowest BCUT2D eigenvalue weighted by molar-refractivity contribution is 0.696. The molecule has 0 aliphatic carbocycles. The minimum absolute atomic E-state index is 0.180. The van der Waals surface area contributed by atoms with E-state index in [0.717, 1.165) is 0 Å². The van der Waals surface area contributed by atoms with Gasteiger partial charge in [-0.15, -0.1) is 0 Å². The van der Waals surface area contributed by atoms with Crippen LogP contribution >= 0.6 is 0 Å². The number of aryl methyl sites for hydroxylation is 3. The summed E-state index contributed by atoms with van der Waals surface area (Å²) in [5.41, 5.74) is 22.9. The van der Waals surface area contributed by atoms with Gasteiger partial charge in [-0.1, -0.05) is 91.2 Å². The Kier molecular flexibility index (Phi) is 6.56. The number of benzene rings is 3. The summed E-state index contributed by atoms with van der Waals surface area (Å²) in [6.07, 6.45) is 0. The monoisotopic (exact) mass is 386 g/mol. The normalized spacial score (nSPS) is 14.4. The SMILES string of the molecule is Cc1cccc([C@@H](C)c2cc(C)cc([C@H](C)c3cccc(C)c3)c2C(N)CN)c1. The smallest absolute Gasteiger partial charge is 0.0425 e. The maximum Gasteiger partial charge on any atom is 0.0425 e. The third-order valence-electron chi connectivity index (χ3n) is 6.03. The highest BCUT2D eigenvalue weighted by Crippen LogP contribution is 2.38. The Morgan fingerprint density at radius 2 is 1.14 bits per heavy atom. The highest BCUT2D eigenvalue weighted by molar-refractivity contribution is 5.50. The second-order valence-corrected chi connectivity index (χ2v) is 8.47. The Morgan fingerprint density at radius 1 is 0.690 bits per heavy atom. The average molecular weight is 387 g/mol. The summed E-state index contributed by atoms with van der Waals surface area (Å²) in [4.78, 5) is 0. The first kappa shape index (κ1) is 21.3. The molecule has 0 aliphatic rings. The van der Waals surface area contributed by atoms with Crippen molar-refractivity contribution in [3.63, 3.8) is 0 Å². The minimum Gasteiger partial charge on any atom is -0.329 e. The molecule has 0 amide bonds. The fourth-order valence-electron chi connectivity index (χ4n) is 4.35. The molecule has 0 spiro atoms. The summed E-state index contributed by atoms with van der Waals surface area (Å²) >= 11 is 0. The number of rotatable bonds is 6. The van der Waals surface area contributed by atoms with Crippen molar-refractivity contribution in [1.82, 2.24) is 0 Å². The van der Waals surface area contributed by atoms with Gasteiger partial charge in [-0.05, 0) is 48.6 Å². The zero-order valence-electron chi connectivity index (χ0n) is 18.4. The molecule has 0 saturated heterocycles. The maximum absolute atomic E-state index is 6.61. The van der Waals surface area contributed by atoms with E-state index >= 15 is 0 Å². The molecular weight excluding hydrogens is 352 g/mol. The van der Waals surface area contributed by atoms with Gasteiger partial charge in [0.15, 0.2) is 0 Å². The second kappa shape index (κ2) is 8.94. The average Bonchev–Trinajstić information content (AvgIpc) is 2.71. The first-order chi connectivity index (χ1) is 13.8. The highest BCUT2D eigenvalue weighted by atomic mass is 14.7. The molecule has 152 valence electrons. The Balaban J connectivity index is 2.19. The quantitative estimate of drug-likeness (QED) is 0.556. The lowest BCUT2D eigenvalue weighted by atomic mass is 9.79. The fourth-order valence-corrected chi connectivity index (χ4v) is 4.35. The molecule has 0 fully saturated rings. The van der Waals surface area contributed by atoms with E-state index in [1.165, 1.54) is 44.5 Å². The zero-order chi connectivity index (χ0) is 21.1. The van der Waals surface area contributed by atoms with E-state index < -0.39 is 0 Å².